The third-order valence-corrected chi connectivity index (χ3v) is 9.38. The van der Waals surface area contributed by atoms with Crippen molar-refractivity contribution in [3.8, 4) is 39.5 Å². The van der Waals surface area contributed by atoms with Crippen LogP contribution in [0, 0.1) is 30.5 Å². The molecule has 0 bridgehead atoms. The van der Waals surface area contributed by atoms with Crippen LogP contribution < -0.4 is 24.8 Å². The third kappa shape index (κ3) is 10.2. The van der Waals surface area contributed by atoms with Crippen molar-refractivity contribution >= 4 is 28.9 Å². The van der Waals surface area contributed by atoms with E-state index in [9.17, 15) is 14.9 Å². The average molecular weight is 764 g/mol. The second-order valence-electron chi connectivity index (χ2n) is 12.8. The predicted octanol–water partition coefficient (Wildman–Crippen LogP) is 8.85. The number of ether oxygens (including phenoxy) is 3. The molecule has 1 heterocycles. The van der Waals surface area contributed by atoms with Crippen molar-refractivity contribution < 1.29 is 29.0 Å². The number of hydrogen-bond donors (Lipinski definition) is 3. The highest BCUT2D eigenvalue weighted by Gasteiger charge is 2.20. The van der Waals surface area contributed by atoms with Gasteiger partial charge in [0.25, 0.3) is 0 Å². The smallest absolute Gasteiger partial charge is 0.320 e. The number of aromatic nitrogens is 1. The van der Waals surface area contributed by atoms with Crippen molar-refractivity contribution in [2.45, 2.75) is 53.5 Å². The fourth-order valence-electron chi connectivity index (χ4n) is 5.99. The predicted molar refractivity (Wildman–Crippen MR) is 212 cm³/mol. The molecule has 0 saturated carbocycles. The van der Waals surface area contributed by atoms with Crippen molar-refractivity contribution in [3.63, 3.8) is 0 Å². The molecule has 284 valence electrons. The summed E-state index contributed by atoms with van der Waals surface area (Å²) < 4.78 is 18.2. The van der Waals surface area contributed by atoms with Crippen LogP contribution >= 0.6 is 11.6 Å². The van der Waals surface area contributed by atoms with Gasteiger partial charge in [0.05, 0.1) is 16.5 Å². The van der Waals surface area contributed by atoms with E-state index in [0.29, 0.717) is 34.3 Å². The molecule has 0 spiro atoms. The first kappa shape index (κ1) is 40.2. The van der Waals surface area contributed by atoms with Crippen molar-refractivity contribution in [2.24, 2.45) is 0 Å². The molecule has 0 amide bonds. The van der Waals surface area contributed by atoms with Crippen molar-refractivity contribution in [1.29, 1.82) is 0 Å². The van der Waals surface area contributed by atoms with Crippen LogP contribution in [0.2, 0.25) is 5.02 Å². The number of hydrogen-bond acceptors (Lipinski definition) is 9. The van der Waals surface area contributed by atoms with E-state index in [-0.39, 0.29) is 37.8 Å². The summed E-state index contributed by atoms with van der Waals surface area (Å²) in [5, 5.41) is 27.7. The number of carbonyl (C=O) groups is 1. The molecule has 0 aliphatic rings. The highest BCUT2D eigenvalue weighted by atomic mass is 35.5. The Morgan fingerprint density at radius 3 is 2.38 bits per heavy atom. The van der Waals surface area contributed by atoms with Crippen LogP contribution in [-0.4, -0.2) is 46.7 Å². The maximum absolute atomic E-state index is 12.1. The van der Waals surface area contributed by atoms with Gasteiger partial charge in [0.2, 0.25) is 5.69 Å². The first-order valence-corrected chi connectivity index (χ1v) is 18.0. The van der Waals surface area contributed by atoms with Crippen molar-refractivity contribution in [1.82, 2.24) is 15.6 Å². The fourth-order valence-corrected chi connectivity index (χ4v) is 6.24. The number of pyridine rings is 1. The van der Waals surface area contributed by atoms with Crippen LogP contribution in [0.25, 0.3) is 27.1 Å². The highest BCUT2D eigenvalue weighted by Crippen LogP contribution is 2.39. The molecule has 0 unspecified atom stereocenters. The summed E-state index contributed by atoms with van der Waals surface area (Å²) in [6.07, 6.45) is 3.18. The third-order valence-electron chi connectivity index (χ3n) is 9.08. The summed E-state index contributed by atoms with van der Waals surface area (Å²) in [4.78, 5) is 30.2. The maximum Gasteiger partial charge on any atom is 0.320 e. The number of nitro benzene ring substituents is 1. The zero-order valence-electron chi connectivity index (χ0n) is 31.0. The molecule has 5 aromatic rings. The molecule has 0 aliphatic heterocycles. The van der Waals surface area contributed by atoms with Crippen LogP contribution in [-0.2, 0) is 24.6 Å². The Bertz CT molecular complexity index is 2220. The Balaban J connectivity index is 1.36. The van der Waals surface area contributed by atoms with Gasteiger partial charge in [-0.05, 0) is 90.0 Å². The number of rotatable bonds is 18. The minimum absolute atomic E-state index is 0.0619. The molecule has 1 aromatic heterocycles. The Labute approximate surface area is 325 Å². The molecule has 0 aliphatic carbocycles. The largest absolute Gasteiger partial charge is 0.488 e. The number of carboxylic acids is 1. The first-order chi connectivity index (χ1) is 26.5. The van der Waals surface area contributed by atoms with Crippen LogP contribution in [0.4, 0.5) is 11.4 Å². The molecule has 55 heavy (non-hydrogen) atoms. The van der Waals surface area contributed by atoms with Crippen LogP contribution in [0.5, 0.6) is 17.2 Å². The highest BCUT2D eigenvalue weighted by molar-refractivity contribution is 6.32. The Morgan fingerprint density at radius 2 is 1.65 bits per heavy atom. The van der Waals surface area contributed by atoms with E-state index in [1.807, 2.05) is 63.2 Å². The number of benzene rings is 4. The molecule has 1 atom stereocenters. The minimum atomic E-state index is -0.994. The number of halogens is 1. The molecular weight excluding hydrogens is 722 g/mol. The molecular formula is C42H42ClN5O7. The Kier molecular flexibility index (Phi) is 13.8. The van der Waals surface area contributed by atoms with Gasteiger partial charge >= 0.3 is 11.7 Å². The summed E-state index contributed by atoms with van der Waals surface area (Å²) in [6, 6.07) is 21.3. The van der Waals surface area contributed by atoms with Gasteiger partial charge in [-0.25, -0.2) is 4.85 Å². The number of aliphatic carboxylic acids is 1. The van der Waals surface area contributed by atoms with Gasteiger partial charge in [0, 0.05) is 43.2 Å². The average Bonchev–Trinajstić information content (AvgIpc) is 3.18. The summed E-state index contributed by atoms with van der Waals surface area (Å²) in [5.74, 6) is 0.179. The molecule has 0 fully saturated rings. The molecule has 5 rings (SSSR count). The normalized spacial score (nSPS) is 11.4. The lowest BCUT2D eigenvalue weighted by molar-refractivity contribution is -0.385. The molecule has 0 radical (unpaired) electrons. The number of nitrogens with zero attached hydrogens (tertiary/aromatic N) is 3. The number of nitro groups is 1. The second-order valence-corrected chi connectivity index (χ2v) is 13.2. The van der Waals surface area contributed by atoms with Gasteiger partial charge in [-0.2, -0.15) is 0 Å². The maximum atomic E-state index is 12.1. The van der Waals surface area contributed by atoms with Gasteiger partial charge in [0.15, 0.2) is 5.75 Å². The molecule has 3 N–H and O–H groups in total. The quantitative estimate of drug-likeness (QED) is 0.0342. The van der Waals surface area contributed by atoms with Gasteiger partial charge in [-0.15, -0.1) is 0 Å². The van der Waals surface area contributed by atoms with Crippen molar-refractivity contribution in [2.75, 3.05) is 19.7 Å². The molecule has 13 heteroatoms. The molecule has 0 saturated heterocycles. The standard InChI is InChI=1S/C42H42ClN5O7/c1-6-45-22-32-18-37(43)41(20-40(32)54-24-29-17-33(44-5)23-46-21-29)55-25-31-9-7-11-35(26(31)2)36-12-8-10-34(27(36)3)30-13-14-39(38(19-30)48(51)52)53-16-15-47-28(4)42(49)50/h7-14,17-21,23,28,45,47H,6,15-16,22,24-25H2,1-4H3,(H,49,50)/t28-/m0/s1. The Hall–Kier alpha value is -6.00. The zero-order valence-corrected chi connectivity index (χ0v) is 31.8. The second kappa shape index (κ2) is 18.9. The van der Waals surface area contributed by atoms with Crippen LogP contribution in [0.1, 0.15) is 41.7 Å². The van der Waals surface area contributed by atoms with Crippen molar-refractivity contribution in [3.05, 3.63) is 140 Å². The first-order valence-electron chi connectivity index (χ1n) is 17.7. The van der Waals surface area contributed by atoms with E-state index in [0.717, 1.165) is 51.1 Å². The lowest BCUT2D eigenvalue weighted by Gasteiger charge is -2.18. The van der Waals surface area contributed by atoms with E-state index in [4.69, 9.17) is 37.5 Å². The summed E-state index contributed by atoms with van der Waals surface area (Å²) >= 11 is 6.74. The minimum Gasteiger partial charge on any atom is -0.488 e. The monoisotopic (exact) mass is 763 g/mol. The van der Waals surface area contributed by atoms with E-state index >= 15 is 0 Å². The number of carboxylic acid groups (broad SMARTS) is 1. The lowest BCUT2D eigenvalue weighted by Crippen LogP contribution is -2.36. The van der Waals surface area contributed by atoms with Gasteiger partial charge in [0.1, 0.15) is 37.4 Å². The van der Waals surface area contributed by atoms with Gasteiger partial charge < -0.3 is 30.0 Å². The fraction of sp³-hybridized carbons (Fsp3) is 0.262. The topological polar surface area (TPSA) is 149 Å². The number of nitrogens with one attached hydrogen (secondary N) is 2. The Morgan fingerprint density at radius 1 is 0.927 bits per heavy atom. The zero-order chi connectivity index (χ0) is 39.5. The summed E-state index contributed by atoms with van der Waals surface area (Å²) in [6.45, 7) is 16.9. The van der Waals surface area contributed by atoms with E-state index < -0.39 is 16.9 Å². The van der Waals surface area contributed by atoms with Gasteiger partial charge in [-0.3, -0.25) is 19.9 Å². The molecule has 4 aromatic carbocycles. The lowest BCUT2D eigenvalue weighted by atomic mass is 9.89. The van der Waals surface area contributed by atoms with E-state index in [2.05, 4.69) is 20.5 Å². The summed E-state index contributed by atoms with van der Waals surface area (Å²) in [7, 11) is 0. The molecule has 12 nitrogen and oxygen atoms in total. The van der Waals surface area contributed by atoms with E-state index in [1.165, 1.54) is 19.2 Å². The van der Waals surface area contributed by atoms with Crippen LogP contribution in [0.3, 0.4) is 0 Å². The summed E-state index contributed by atoms with van der Waals surface area (Å²) in [5.41, 5.74) is 8.24. The van der Waals surface area contributed by atoms with Crippen LogP contribution in [0.15, 0.2) is 85.2 Å². The van der Waals surface area contributed by atoms with Gasteiger partial charge in [-0.1, -0.05) is 61.0 Å². The van der Waals surface area contributed by atoms with E-state index in [1.54, 1.807) is 30.5 Å². The SMILES string of the molecule is [C-]#[N+]c1cncc(COc2cc(OCc3cccc(-c4cccc(-c5ccc(OCCN[C@@H](C)C(=O)O)c([N+](=O)[O-])c5)c4C)c3C)c(Cl)cc2CNCC)c1.